The monoisotopic (exact) mass is 198 g/mol. The molecular weight excluding hydrogens is 176 g/mol. The summed E-state index contributed by atoms with van der Waals surface area (Å²) in [7, 11) is 0.203. The molecule has 1 rings (SSSR count). The minimum Gasteiger partial charge on any atom is -0.147 e. The van der Waals surface area contributed by atoms with Crippen LogP contribution in [0.15, 0.2) is 0 Å². The Hall–Kier alpha value is -0.00623. The molecule has 2 heteroatoms. The Balaban J connectivity index is 0.000000354. The molecule has 1 saturated heterocycles. The molecule has 0 nitrogen and oxygen atoms in total. The highest BCUT2D eigenvalue weighted by Gasteiger charge is 2.30. The lowest BCUT2D eigenvalue weighted by atomic mass is 10.2. The van der Waals surface area contributed by atoms with Gasteiger partial charge in [0, 0.05) is 0 Å². The van der Waals surface area contributed by atoms with Gasteiger partial charge in [-0.25, -0.2) is 0 Å². The van der Waals surface area contributed by atoms with Gasteiger partial charge in [-0.05, 0) is 5.54 Å². The fourth-order valence-corrected chi connectivity index (χ4v) is 4.31. The zero-order chi connectivity index (χ0) is 9.61. The first kappa shape index (κ1) is 12.0. The molecule has 1 unspecified atom stereocenters. The van der Waals surface area contributed by atoms with Crippen LogP contribution in [0.2, 0.25) is 24.7 Å². The summed E-state index contributed by atoms with van der Waals surface area (Å²) >= 11 is 0. The maximum Gasteiger partial charge on any atom is 0.0902 e. The van der Waals surface area contributed by atoms with Gasteiger partial charge in [0.05, 0.1) is 18.3 Å². The Labute approximate surface area is 81.6 Å². The van der Waals surface area contributed by atoms with Crippen LogP contribution < -0.4 is 0 Å². The van der Waals surface area contributed by atoms with Gasteiger partial charge in [-0.15, -0.1) is 12.0 Å². The van der Waals surface area contributed by atoms with E-state index in [1.165, 1.54) is 19.3 Å². The smallest absolute Gasteiger partial charge is 0.0902 e. The van der Waals surface area contributed by atoms with Crippen LogP contribution in [0.5, 0.6) is 0 Å². The molecule has 0 amide bonds. The van der Waals surface area contributed by atoms with E-state index in [-0.39, 0.29) is 0 Å². The van der Waals surface area contributed by atoms with Gasteiger partial charge in [0.2, 0.25) is 0 Å². The predicted molar refractivity (Wildman–Crippen MR) is 64.3 cm³/mol. The molecule has 12 heavy (non-hydrogen) atoms. The lowest BCUT2D eigenvalue weighted by Gasteiger charge is -2.34. The zero-order valence-corrected chi connectivity index (χ0v) is 12.0. The van der Waals surface area contributed by atoms with Gasteiger partial charge in [0.15, 0.2) is 0 Å². The van der Waals surface area contributed by atoms with Gasteiger partial charge in [-0.2, -0.15) is 0 Å². The normalized spacial score (nSPS) is 26.7. The molecule has 1 aliphatic rings. The van der Waals surface area contributed by atoms with Gasteiger partial charge in [-0.1, -0.05) is 45.3 Å². The second-order valence-electron chi connectivity index (χ2n) is 4.42. The standard InChI is InChI=1S/C8H18Si.C2H4Si/c1-8-6-4-5-7-9(8,2)3;1-2-3/h8H,4-7H2,1-3H3;1H,3H3. The van der Waals surface area contributed by atoms with Crippen molar-refractivity contribution in [3.8, 4) is 12.0 Å². The fourth-order valence-electron chi connectivity index (χ4n) is 1.67. The maximum atomic E-state index is 4.66. The minimum absolute atomic E-state index is 0.694. The van der Waals surface area contributed by atoms with Crippen molar-refractivity contribution in [2.75, 3.05) is 0 Å². The Bertz CT molecular complexity index is 156. The lowest BCUT2D eigenvalue weighted by molar-refractivity contribution is 0.635. The number of hydrogen-bond acceptors (Lipinski definition) is 0. The van der Waals surface area contributed by atoms with Crippen molar-refractivity contribution in [1.82, 2.24) is 0 Å². The Morgan fingerprint density at radius 2 is 1.92 bits per heavy atom. The first-order valence-corrected chi connectivity index (χ1v) is 9.20. The second-order valence-corrected chi connectivity index (χ2v) is 10.5. The SMILES string of the molecule is C#C[SiH3].CC1CCCC[Si]1(C)C. The van der Waals surface area contributed by atoms with Crippen LogP contribution >= 0.6 is 0 Å². The minimum atomic E-state index is -0.694. The van der Waals surface area contributed by atoms with Gasteiger partial charge < -0.3 is 0 Å². The Kier molecular flexibility index (Phi) is 5.60. The predicted octanol–water partition coefficient (Wildman–Crippen LogP) is 2.21. The summed E-state index contributed by atoms with van der Waals surface area (Å²) in [6.45, 7) is 7.53. The van der Waals surface area contributed by atoms with E-state index in [2.05, 4.69) is 32.0 Å². The van der Waals surface area contributed by atoms with E-state index >= 15 is 0 Å². The molecule has 70 valence electrons. The van der Waals surface area contributed by atoms with Gasteiger partial charge in [0.1, 0.15) is 0 Å². The summed E-state index contributed by atoms with van der Waals surface area (Å²) in [6, 6.07) is 1.58. The van der Waals surface area contributed by atoms with E-state index in [0.29, 0.717) is 0 Å². The van der Waals surface area contributed by atoms with Crippen LogP contribution in [0.1, 0.15) is 26.2 Å². The molecule has 0 N–H and O–H groups in total. The lowest BCUT2D eigenvalue weighted by Crippen LogP contribution is -2.33. The molecule has 1 fully saturated rings. The van der Waals surface area contributed by atoms with Gasteiger partial charge in [-0.3, -0.25) is 0 Å². The van der Waals surface area contributed by atoms with Crippen LogP contribution in [0, 0.1) is 12.0 Å². The molecule has 0 aromatic carbocycles. The number of terminal acetylenes is 1. The van der Waals surface area contributed by atoms with Crippen LogP contribution in [-0.4, -0.2) is 18.3 Å². The quantitative estimate of drug-likeness (QED) is 0.414. The molecule has 0 aliphatic carbocycles. The molecule has 0 radical (unpaired) electrons. The van der Waals surface area contributed by atoms with Crippen LogP contribution in [0.25, 0.3) is 0 Å². The largest absolute Gasteiger partial charge is 0.147 e. The summed E-state index contributed by atoms with van der Waals surface area (Å²) in [6.07, 6.45) is 9.19. The number of hydrogen-bond donors (Lipinski definition) is 0. The molecule has 0 bridgehead atoms. The van der Waals surface area contributed by atoms with Crippen LogP contribution in [0.3, 0.4) is 0 Å². The van der Waals surface area contributed by atoms with E-state index in [1.54, 1.807) is 6.04 Å². The molecule has 0 aromatic heterocycles. The van der Waals surface area contributed by atoms with E-state index in [0.717, 1.165) is 15.8 Å². The zero-order valence-electron chi connectivity index (χ0n) is 8.98. The third-order valence-electron chi connectivity index (χ3n) is 3.04. The molecule has 0 aromatic rings. The van der Waals surface area contributed by atoms with Crippen molar-refractivity contribution in [1.29, 1.82) is 0 Å². The van der Waals surface area contributed by atoms with Crippen LogP contribution in [0.4, 0.5) is 0 Å². The molecule has 1 heterocycles. The van der Waals surface area contributed by atoms with Gasteiger partial charge >= 0.3 is 0 Å². The first-order valence-electron chi connectivity index (χ1n) is 4.92. The molecule has 1 atom stereocenters. The maximum absolute atomic E-state index is 4.66. The summed E-state index contributed by atoms with van der Waals surface area (Å²) in [5.41, 5.74) is 3.48. The van der Waals surface area contributed by atoms with E-state index in [9.17, 15) is 0 Å². The molecule has 0 spiro atoms. The summed E-state index contributed by atoms with van der Waals surface area (Å²) < 4.78 is 0. The third-order valence-corrected chi connectivity index (χ3v) is 7.64. The molecule has 1 aliphatic heterocycles. The van der Waals surface area contributed by atoms with Crippen molar-refractivity contribution in [2.24, 2.45) is 0 Å². The van der Waals surface area contributed by atoms with E-state index in [1.807, 2.05) is 0 Å². The van der Waals surface area contributed by atoms with Crippen LogP contribution in [-0.2, 0) is 0 Å². The highest BCUT2D eigenvalue weighted by Crippen LogP contribution is 2.36. The van der Waals surface area contributed by atoms with Crippen molar-refractivity contribution >= 4 is 18.3 Å². The Morgan fingerprint density at radius 3 is 2.17 bits per heavy atom. The fraction of sp³-hybridized carbons (Fsp3) is 0.800. The van der Waals surface area contributed by atoms with Crippen molar-refractivity contribution in [2.45, 2.75) is 50.9 Å². The third kappa shape index (κ3) is 4.13. The van der Waals surface area contributed by atoms with Crippen molar-refractivity contribution in [3.63, 3.8) is 0 Å². The summed E-state index contributed by atoms with van der Waals surface area (Å²) in [5.74, 6) is 0. The van der Waals surface area contributed by atoms with E-state index in [4.69, 9.17) is 0 Å². The average molecular weight is 198 g/mol. The summed E-state index contributed by atoms with van der Waals surface area (Å²) in [5, 5.41) is 0. The van der Waals surface area contributed by atoms with Crippen molar-refractivity contribution < 1.29 is 0 Å². The molecular formula is C10H22Si2. The average Bonchev–Trinajstić information content (AvgIpc) is 1.97. The second kappa shape index (κ2) is 5.61. The highest BCUT2D eigenvalue weighted by atomic mass is 28.3. The highest BCUT2D eigenvalue weighted by molar-refractivity contribution is 6.78. The summed E-state index contributed by atoms with van der Waals surface area (Å²) in [4.78, 5) is 0. The first-order chi connectivity index (χ1) is 5.54. The van der Waals surface area contributed by atoms with E-state index < -0.39 is 8.07 Å². The van der Waals surface area contributed by atoms with Gasteiger partial charge in [0.25, 0.3) is 0 Å². The molecule has 0 saturated carbocycles. The Morgan fingerprint density at radius 1 is 1.42 bits per heavy atom. The number of rotatable bonds is 0. The van der Waals surface area contributed by atoms with Crippen molar-refractivity contribution in [3.05, 3.63) is 0 Å². The topological polar surface area (TPSA) is 0 Å².